The minimum atomic E-state index is 0.108. The zero-order valence-electron chi connectivity index (χ0n) is 9.15. The molecule has 4 heteroatoms. The summed E-state index contributed by atoms with van der Waals surface area (Å²) in [4.78, 5) is 0. The second-order valence-corrected chi connectivity index (χ2v) is 4.39. The maximum Gasteiger partial charge on any atom is 0.137 e. The van der Waals surface area contributed by atoms with Crippen molar-refractivity contribution < 1.29 is 14.6 Å². The largest absolute Gasteiger partial charge is 0.495 e. The van der Waals surface area contributed by atoms with Gasteiger partial charge in [-0.25, -0.2) is 0 Å². The molecule has 0 spiro atoms. The molecule has 0 aliphatic carbocycles. The number of rotatable bonds is 4. The van der Waals surface area contributed by atoms with Gasteiger partial charge in [-0.1, -0.05) is 17.7 Å². The van der Waals surface area contributed by atoms with E-state index >= 15 is 0 Å². The lowest BCUT2D eigenvalue weighted by Crippen LogP contribution is -2.34. The van der Waals surface area contributed by atoms with E-state index in [0.717, 1.165) is 18.8 Å². The Bertz CT molecular complexity index is 363. The first-order chi connectivity index (χ1) is 7.76. The molecule has 0 saturated carbocycles. The zero-order valence-corrected chi connectivity index (χ0v) is 9.91. The first-order valence-corrected chi connectivity index (χ1v) is 5.66. The molecule has 0 bridgehead atoms. The highest BCUT2D eigenvalue weighted by molar-refractivity contribution is 6.32. The summed E-state index contributed by atoms with van der Waals surface area (Å²) in [5, 5.41) is 9.98. The van der Waals surface area contributed by atoms with Crippen molar-refractivity contribution in [3.63, 3.8) is 0 Å². The third-order valence-corrected chi connectivity index (χ3v) is 3.33. The fourth-order valence-electron chi connectivity index (χ4n) is 1.93. The number of ether oxygens (including phenoxy) is 2. The van der Waals surface area contributed by atoms with Gasteiger partial charge in [0.2, 0.25) is 0 Å². The lowest BCUT2D eigenvalue weighted by atomic mass is 9.85. The van der Waals surface area contributed by atoms with Crippen LogP contribution in [0, 0.1) is 5.92 Å². The molecule has 1 atom stereocenters. The van der Waals surface area contributed by atoms with E-state index < -0.39 is 0 Å². The lowest BCUT2D eigenvalue weighted by molar-refractivity contribution is -0.0527. The molecule has 16 heavy (non-hydrogen) atoms. The van der Waals surface area contributed by atoms with Crippen LogP contribution in [-0.4, -0.2) is 32.0 Å². The number of halogens is 1. The predicted molar refractivity (Wildman–Crippen MR) is 62.1 cm³/mol. The summed E-state index contributed by atoms with van der Waals surface area (Å²) in [6, 6.07) is 5.64. The van der Waals surface area contributed by atoms with Gasteiger partial charge in [0.05, 0.1) is 32.0 Å². The summed E-state index contributed by atoms with van der Waals surface area (Å²) in [6.45, 7) is 1.56. The molecule has 1 fully saturated rings. The number of aliphatic hydroxyl groups is 1. The predicted octanol–water partition coefficient (Wildman–Crippen LogP) is 2.07. The molecule has 88 valence electrons. The van der Waals surface area contributed by atoms with Gasteiger partial charge < -0.3 is 14.6 Å². The van der Waals surface area contributed by atoms with Crippen LogP contribution in [0.2, 0.25) is 5.02 Å². The third-order valence-electron chi connectivity index (χ3n) is 3.03. The molecule has 1 aromatic carbocycles. The van der Waals surface area contributed by atoms with Crippen molar-refractivity contribution in [1.82, 2.24) is 0 Å². The van der Waals surface area contributed by atoms with Crippen LogP contribution in [0.5, 0.6) is 5.75 Å². The highest BCUT2D eigenvalue weighted by Crippen LogP contribution is 2.34. The molecule has 1 heterocycles. The number of hydrogen-bond donors (Lipinski definition) is 1. The van der Waals surface area contributed by atoms with Crippen LogP contribution in [0.25, 0.3) is 0 Å². The molecule has 1 saturated heterocycles. The Morgan fingerprint density at radius 1 is 1.56 bits per heavy atom. The van der Waals surface area contributed by atoms with Crippen LogP contribution >= 0.6 is 11.6 Å². The van der Waals surface area contributed by atoms with E-state index in [1.807, 2.05) is 18.2 Å². The Kier molecular flexibility index (Phi) is 3.69. The van der Waals surface area contributed by atoms with Gasteiger partial charge in [0, 0.05) is 11.8 Å². The lowest BCUT2D eigenvalue weighted by Gasteiger charge is -2.33. The van der Waals surface area contributed by atoms with Gasteiger partial charge in [-0.05, 0) is 17.7 Å². The van der Waals surface area contributed by atoms with Crippen LogP contribution in [0.15, 0.2) is 18.2 Å². The Balaban J connectivity index is 2.21. The van der Waals surface area contributed by atoms with Crippen LogP contribution in [0.3, 0.4) is 0 Å². The van der Waals surface area contributed by atoms with E-state index in [4.69, 9.17) is 21.1 Å². The number of methoxy groups -OCH3 is 1. The standard InChI is InChI=1S/C12H15ClO3/c1-15-12-3-2-8(4-11(12)13)10(5-14)9-6-16-7-9/h2-4,9-10,14H,5-7H2,1H3. The molecule has 0 aromatic heterocycles. The van der Waals surface area contributed by atoms with Crippen molar-refractivity contribution >= 4 is 11.6 Å². The number of aliphatic hydroxyl groups excluding tert-OH is 1. The average molecular weight is 243 g/mol. The minimum Gasteiger partial charge on any atom is -0.495 e. The summed E-state index contributed by atoms with van der Waals surface area (Å²) in [5.41, 5.74) is 1.04. The van der Waals surface area contributed by atoms with Gasteiger partial charge >= 0.3 is 0 Å². The monoisotopic (exact) mass is 242 g/mol. The highest BCUT2D eigenvalue weighted by atomic mass is 35.5. The van der Waals surface area contributed by atoms with Crippen molar-refractivity contribution in [3.05, 3.63) is 28.8 Å². The molecular formula is C12H15ClO3. The normalized spacial score (nSPS) is 17.9. The highest BCUT2D eigenvalue weighted by Gasteiger charge is 2.29. The molecule has 1 aromatic rings. The quantitative estimate of drug-likeness (QED) is 0.879. The van der Waals surface area contributed by atoms with Crippen molar-refractivity contribution in [2.45, 2.75) is 5.92 Å². The fraction of sp³-hybridized carbons (Fsp3) is 0.500. The molecule has 1 aliphatic rings. The molecular weight excluding hydrogens is 228 g/mol. The van der Waals surface area contributed by atoms with Crippen LogP contribution in [0.4, 0.5) is 0 Å². The Hall–Kier alpha value is -0.770. The third kappa shape index (κ3) is 2.17. The summed E-state index contributed by atoms with van der Waals surface area (Å²) in [6.07, 6.45) is 0. The van der Waals surface area contributed by atoms with E-state index in [0.29, 0.717) is 16.7 Å². The van der Waals surface area contributed by atoms with E-state index in [1.165, 1.54) is 0 Å². The Morgan fingerprint density at radius 3 is 2.75 bits per heavy atom. The Labute approximate surface area is 99.9 Å². The van der Waals surface area contributed by atoms with Crippen molar-refractivity contribution in [3.8, 4) is 5.75 Å². The summed E-state index contributed by atoms with van der Waals surface area (Å²) < 4.78 is 10.2. The molecule has 3 nitrogen and oxygen atoms in total. The summed E-state index contributed by atoms with van der Waals surface area (Å²) in [5.74, 6) is 1.17. The van der Waals surface area contributed by atoms with Crippen molar-refractivity contribution in [1.29, 1.82) is 0 Å². The molecule has 0 amide bonds. The van der Waals surface area contributed by atoms with Gasteiger partial charge in [0.25, 0.3) is 0 Å². The SMILES string of the molecule is COc1ccc(C(CO)C2COC2)cc1Cl. The summed E-state index contributed by atoms with van der Waals surface area (Å²) >= 11 is 6.06. The maximum atomic E-state index is 9.40. The van der Waals surface area contributed by atoms with Crippen LogP contribution in [0.1, 0.15) is 11.5 Å². The zero-order chi connectivity index (χ0) is 11.5. The minimum absolute atomic E-state index is 0.108. The molecule has 1 unspecified atom stereocenters. The van der Waals surface area contributed by atoms with E-state index in [2.05, 4.69) is 0 Å². The molecule has 1 N–H and O–H groups in total. The van der Waals surface area contributed by atoms with Gasteiger partial charge in [0.1, 0.15) is 5.75 Å². The summed E-state index contributed by atoms with van der Waals surface area (Å²) in [7, 11) is 1.59. The van der Waals surface area contributed by atoms with E-state index in [9.17, 15) is 5.11 Å². The number of hydrogen-bond acceptors (Lipinski definition) is 3. The van der Waals surface area contributed by atoms with Crippen molar-refractivity contribution in [2.24, 2.45) is 5.92 Å². The maximum absolute atomic E-state index is 9.40. The smallest absolute Gasteiger partial charge is 0.137 e. The van der Waals surface area contributed by atoms with Gasteiger partial charge in [-0.2, -0.15) is 0 Å². The van der Waals surface area contributed by atoms with Crippen molar-refractivity contribution in [2.75, 3.05) is 26.9 Å². The van der Waals surface area contributed by atoms with Crippen LogP contribution in [-0.2, 0) is 4.74 Å². The van der Waals surface area contributed by atoms with Crippen LogP contribution < -0.4 is 4.74 Å². The average Bonchev–Trinajstić information content (AvgIpc) is 2.23. The topological polar surface area (TPSA) is 38.7 Å². The van der Waals surface area contributed by atoms with E-state index in [-0.39, 0.29) is 12.5 Å². The first-order valence-electron chi connectivity index (χ1n) is 5.28. The van der Waals surface area contributed by atoms with Gasteiger partial charge in [-0.15, -0.1) is 0 Å². The molecule has 1 aliphatic heterocycles. The second-order valence-electron chi connectivity index (χ2n) is 3.98. The van der Waals surface area contributed by atoms with E-state index in [1.54, 1.807) is 7.11 Å². The second kappa shape index (κ2) is 5.04. The number of benzene rings is 1. The Morgan fingerprint density at radius 2 is 2.31 bits per heavy atom. The first kappa shape index (κ1) is 11.7. The molecule has 0 radical (unpaired) electrons. The van der Waals surface area contributed by atoms with Gasteiger partial charge in [-0.3, -0.25) is 0 Å². The fourth-order valence-corrected chi connectivity index (χ4v) is 2.19. The molecule has 2 rings (SSSR count). The van der Waals surface area contributed by atoms with Gasteiger partial charge in [0.15, 0.2) is 0 Å².